The Hall–Kier alpha value is -2.72. The summed E-state index contributed by atoms with van der Waals surface area (Å²) in [6.45, 7) is 2.08. The summed E-state index contributed by atoms with van der Waals surface area (Å²) in [5, 5.41) is 5.64. The predicted octanol–water partition coefficient (Wildman–Crippen LogP) is 4.65. The van der Waals surface area contributed by atoms with Gasteiger partial charge in [-0.3, -0.25) is 4.79 Å². The number of nitrogens with zero attached hydrogens (tertiary/aromatic N) is 1. The molecule has 0 bridgehead atoms. The first-order valence-electron chi connectivity index (χ1n) is 7.68. The molecule has 3 nitrogen and oxygen atoms in total. The molecule has 1 heterocycles. The van der Waals surface area contributed by atoms with Gasteiger partial charge in [0.15, 0.2) is 0 Å². The van der Waals surface area contributed by atoms with Crippen molar-refractivity contribution in [2.45, 2.75) is 6.92 Å². The Morgan fingerprint density at radius 2 is 1.75 bits per heavy atom. The van der Waals surface area contributed by atoms with E-state index in [9.17, 15) is 4.79 Å². The molecule has 1 N–H and O–H groups in total. The Labute approximate surface area is 145 Å². The molecule has 0 spiro atoms. The molecule has 2 aromatic carbocycles. The molecular formula is C20H18N2OS. The monoisotopic (exact) mass is 334 g/mol. The molecule has 1 aromatic heterocycles. The Morgan fingerprint density at radius 3 is 2.42 bits per heavy atom. The molecule has 0 aliphatic rings. The van der Waals surface area contributed by atoms with Crippen LogP contribution in [0.1, 0.15) is 26.5 Å². The normalized spacial score (nSPS) is 10.9. The van der Waals surface area contributed by atoms with Crippen molar-refractivity contribution in [2.75, 3.05) is 7.05 Å². The van der Waals surface area contributed by atoms with Crippen LogP contribution in [0.5, 0.6) is 0 Å². The number of thiazole rings is 1. The van der Waals surface area contributed by atoms with Gasteiger partial charge < -0.3 is 5.32 Å². The molecule has 0 fully saturated rings. The molecule has 0 saturated heterocycles. The largest absolute Gasteiger partial charge is 0.355 e. The highest BCUT2D eigenvalue weighted by Gasteiger charge is 2.03. The molecule has 0 atom stereocenters. The van der Waals surface area contributed by atoms with Crippen LogP contribution in [-0.4, -0.2) is 17.9 Å². The molecule has 0 radical (unpaired) electrons. The lowest BCUT2D eigenvalue weighted by Gasteiger charge is -1.99. The average Bonchev–Trinajstić information content (AvgIpc) is 3.09. The van der Waals surface area contributed by atoms with Crippen molar-refractivity contribution < 1.29 is 4.79 Å². The Morgan fingerprint density at radius 1 is 1.04 bits per heavy atom. The molecule has 3 rings (SSSR count). The van der Waals surface area contributed by atoms with Crippen molar-refractivity contribution >= 4 is 29.4 Å². The van der Waals surface area contributed by atoms with Gasteiger partial charge in [-0.1, -0.05) is 48.0 Å². The number of carbonyl (C=O) groups excluding carboxylic acids is 1. The van der Waals surface area contributed by atoms with Crippen LogP contribution >= 0.6 is 11.3 Å². The molecule has 120 valence electrons. The summed E-state index contributed by atoms with van der Waals surface area (Å²) in [7, 11) is 1.63. The average molecular weight is 334 g/mol. The maximum absolute atomic E-state index is 11.5. The molecular weight excluding hydrogens is 316 g/mol. The quantitative estimate of drug-likeness (QED) is 0.754. The molecule has 24 heavy (non-hydrogen) atoms. The number of amides is 1. The van der Waals surface area contributed by atoms with E-state index in [1.54, 1.807) is 18.4 Å². The second kappa shape index (κ2) is 7.23. The van der Waals surface area contributed by atoms with Gasteiger partial charge in [0.25, 0.3) is 5.91 Å². The van der Waals surface area contributed by atoms with Gasteiger partial charge in [0, 0.05) is 23.6 Å². The van der Waals surface area contributed by atoms with Crippen LogP contribution in [0.25, 0.3) is 23.4 Å². The van der Waals surface area contributed by atoms with Crippen LogP contribution in [0.4, 0.5) is 0 Å². The van der Waals surface area contributed by atoms with E-state index in [2.05, 4.69) is 46.9 Å². The van der Waals surface area contributed by atoms with Gasteiger partial charge in [-0.05, 0) is 30.7 Å². The van der Waals surface area contributed by atoms with Crippen LogP contribution in [0.3, 0.4) is 0 Å². The number of hydrogen-bond donors (Lipinski definition) is 1. The lowest BCUT2D eigenvalue weighted by Crippen LogP contribution is -2.17. The van der Waals surface area contributed by atoms with Crippen LogP contribution < -0.4 is 5.32 Å². The van der Waals surface area contributed by atoms with E-state index in [0.717, 1.165) is 21.8 Å². The summed E-state index contributed by atoms with van der Waals surface area (Å²) in [6, 6.07) is 15.9. The van der Waals surface area contributed by atoms with E-state index in [-0.39, 0.29) is 5.91 Å². The van der Waals surface area contributed by atoms with Crippen molar-refractivity contribution in [1.29, 1.82) is 0 Å². The third-order valence-electron chi connectivity index (χ3n) is 3.69. The first-order valence-corrected chi connectivity index (χ1v) is 8.56. The maximum atomic E-state index is 11.5. The van der Waals surface area contributed by atoms with E-state index in [1.807, 2.05) is 36.4 Å². The van der Waals surface area contributed by atoms with Crippen LogP contribution in [0.2, 0.25) is 0 Å². The second-order valence-electron chi connectivity index (χ2n) is 5.47. The molecule has 0 aliphatic heterocycles. The number of benzene rings is 2. The van der Waals surface area contributed by atoms with E-state index in [0.29, 0.717) is 5.56 Å². The minimum absolute atomic E-state index is 0.0757. The van der Waals surface area contributed by atoms with Crippen molar-refractivity contribution in [2.24, 2.45) is 0 Å². The summed E-state index contributed by atoms with van der Waals surface area (Å²) < 4.78 is 0. The van der Waals surface area contributed by atoms with Crippen LogP contribution in [0.15, 0.2) is 53.9 Å². The van der Waals surface area contributed by atoms with Crippen molar-refractivity contribution in [3.8, 4) is 11.3 Å². The summed E-state index contributed by atoms with van der Waals surface area (Å²) in [6.07, 6.45) is 4.00. The second-order valence-corrected chi connectivity index (χ2v) is 6.36. The summed E-state index contributed by atoms with van der Waals surface area (Å²) >= 11 is 1.62. The van der Waals surface area contributed by atoms with Gasteiger partial charge in [0.2, 0.25) is 0 Å². The minimum Gasteiger partial charge on any atom is -0.355 e. The SMILES string of the molecule is CNC(=O)c1ccc(C=Cc2nc(-c3ccc(C)cc3)cs2)cc1. The first-order chi connectivity index (χ1) is 11.7. The summed E-state index contributed by atoms with van der Waals surface area (Å²) in [4.78, 5) is 16.2. The fourth-order valence-corrected chi connectivity index (χ4v) is 3.00. The molecule has 3 aromatic rings. The number of nitrogens with one attached hydrogen (secondary N) is 1. The molecule has 1 amide bonds. The molecule has 0 unspecified atom stereocenters. The van der Waals surface area contributed by atoms with E-state index in [4.69, 9.17) is 0 Å². The number of rotatable bonds is 4. The van der Waals surface area contributed by atoms with E-state index >= 15 is 0 Å². The minimum atomic E-state index is -0.0757. The highest BCUT2D eigenvalue weighted by molar-refractivity contribution is 7.10. The summed E-state index contributed by atoms with van der Waals surface area (Å²) in [5.41, 5.74) is 5.07. The Bertz CT molecular complexity index is 861. The lowest BCUT2D eigenvalue weighted by atomic mass is 10.1. The van der Waals surface area contributed by atoms with Crippen molar-refractivity contribution in [1.82, 2.24) is 10.3 Å². The molecule has 0 aliphatic carbocycles. The van der Waals surface area contributed by atoms with Gasteiger partial charge in [-0.25, -0.2) is 4.98 Å². The molecule has 0 saturated carbocycles. The van der Waals surface area contributed by atoms with Crippen LogP contribution in [0, 0.1) is 6.92 Å². The highest BCUT2D eigenvalue weighted by Crippen LogP contribution is 2.23. The van der Waals surface area contributed by atoms with Crippen LogP contribution in [-0.2, 0) is 0 Å². The lowest BCUT2D eigenvalue weighted by molar-refractivity contribution is 0.0963. The third-order valence-corrected chi connectivity index (χ3v) is 4.50. The zero-order valence-corrected chi connectivity index (χ0v) is 14.4. The van der Waals surface area contributed by atoms with Crippen molar-refractivity contribution in [3.63, 3.8) is 0 Å². The Balaban J connectivity index is 1.73. The smallest absolute Gasteiger partial charge is 0.251 e. The van der Waals surface area contributed by atoms with Gasteiger partial charge in [0.1, 0.15) is 5.01 Å². The first kappa shape index (κ1) is 16.1. The van der Waals surface area contributed by atoms with Gasteiger partial charge >= 0.3 is 0 Å². The third kappa shape index (κ3) is 3.78. The number of aromatic nitrogens is 1. The zero-order valence-electron chi connectivity index (χ0n) is 13.6. The maximum Gasteiger partial charge on any atom is 0.251 e. The van der Waals surface area contributed by atoms with Gasteiger partial charge in [-0.2, -0.15) is 0 Å². The standard InChI is InChI=1S/C20H18N2OS/c1-14-3-8-16(9-4-14)18-13-24-19(22-18)12-7-15-5-10-17(11-6-15)20(23)21-2/h3-13H,1-2H3,(H,21,23). The Kier molecular flexibility index (Phi) is 4.87. The topological polar surface area (TPSA) is 42.0 Å². The van der Waals surface area contributed by atoms with E-state index in [1.165, 1.54) is 5.56 Å². The number of hydrogen-bond acceptors (Lipinski definition) is 3. The highest BCUT2D eigenvalue weighted by atomic mass is 32.1. The van der Waals surface area contributed by atoms with Crippen molar-refractivity contribution in [3.05, 3.63) is 75.6 Å². The van der Waals surface area contributed by atoms with Gasteiger partial charge in [-0.15, -0.1) is 11.3 Å². The van der Waals surface area contributed by atoms with E-state index < -0.39 is 0 Å². The summed E-state index contributed by atoms with van der Waals surface area (Å²) in [5.74, 6) is -0.0757. The predicted molar refractivity (Wildman–Crippen MR) is 101 cm³/mol. The fourth-order valence-electron chi connectivity index (χ4n) is 2.28. The molecule has 4 heteroatoms. The zero-order chi connectivity index (χ0) is 16.9. The number of carbonyl (C=O) groups is 1. The van der Waals surface area contributed by atoms with Gasteiger partial charge in [0.05, 0.1) is 5.69 Å². The fraction of sp³-hybridized carbons (Fsp3) is 0.100. The number of aryl methyl sites for hydroxylation is 1.